The fraction of sp³-hybridized carbons (Fsp3) is 0.625. The van der Waals surface area contributed by atoms with E-state index in [1.807, 2.05) is 44.2 Å². The van der Waals surface area contributed by atoms with Crippen LogP contribution in [0.3, 0.4) is 0 Å². The lowest BCUT2D eigenvalue weighted by atomic mass is 10.2. The number of ether oxygens (including phenoxy) is 1. The van der Waals surface area contributed by atoms with Gasteiger partial charge in [-0.05, 0) is 37.8 Å². The van der Waals surface area contributed by atoms with Crippen molar-refractivity contribution >= 4 is 8.03 Å². The normalized spacial score (nSPS) is 13.4. The summed E-state index contributed by atoms with van der Waals surface area (Å²) in [5.74, 6) is 0.752. The zero-order valence-corrected chi connectivity index (χ0v) is 14.0. The van der Waals surface area contributed by atoms with Gasteiger partial charge in [-0.15, -0.1) is 0 Å². The third-order valence-corrected chi connectivity index (χ3v) is 5.86. The lowest BCUT2D eigenvalue weighted by molar-refractivity contribution is 0.108. The highest BCUT2D eigenvalue weighted by Crippen LogP contribution is 2.47. The van der Waals surface area contributed by atoms with Crippen LogP contribution in [0.15, 0.2) is 30.3 Å². The van der Waals surface area contributed by atoms with Gasteiger partial charge in [0.25, 0.3) is 0 Å². The van der Waals surface area contributed by atoms with Crippen molar-refractivity contribution in [1.82, 2.24) is 0 Å². The zero-order chi connectivity index (χ0) is 15.0. The molecule has 0 radical (unpaired) electrons. The van der Waals surface area contributed by atoms with Crippen molar-refractivity contribution in [1.29, 1.82) is 0 Å². The first kappa shape index (κ1) is 17.3. The molecule has 4 heteroatoms. The summed E-state index contributed by atoms with van der Waals surface area (Å²) in [5.41, 5.74) is 0. The first-order valence-electron chi connectivity index (χ1n) is 7.56. The van der Waals surface area contributed by atoms with Crippen LogP contribution in [0.2, 0.25) is 0 Å². The molecule has 0 N–H and O–H groups in total. The average Bonchev–Trinajstić information content (AvgIpc) is 2.51. The van der Waals surface area contributed by atoms with Gasteiger partial charge in [-0.3, -0.25) is 4.57 Å². The summed E-state index contributed by atoms with van der Waals surface area (Å²) >= 11 is 0. The summed E-state index contributed by atoms with van der Waals surface area (Å²) in [6.45, 7) is 8.12. The molecule has 0 bridgehead atoms. The maximum absolute atomic E-state index is 12.7. The van der Waals surface area contributed by atoms with Crippen molar-refractivity contribution < 1.29 is 13.8 Å². The van der Waals surface area contributed by atoms with Crippen molar-refractivity contribution in [2.45, 2.75) is 64.8 Å². The van der Waals surface area contributed by atoms with Crippen LogP contribution in [0, 0.1) is 0 Å². The predicted octanol–water partition coefficient (Wildman–Crippen LogP) is 5.26. The molecule has 0 heterocycles. The average molecular weight is 298 g/mol. The molecule has 1 rings (SSSR count). The van der Waals surface area contributed by atoms with Gasteiger partial charge >= 0.3 is 0 Å². The number of benzene rings is 1. The molecule has 0 spiro atoms. The first-order valence-corrected chi connectivity index (χ1v) is 8.88. The summed E-state index contributed by atoms with van der Waals surface area (Å²) in [6.07, 6.45) is 3.16. The summed E-state index contributed by atoms with van der Waals surface area (Å²) < 4.78 is 24.5. The predicted molar refractivity (Wildman–Crippen MR) is 84.8 cm³/mol. The van der Waals surface area contributed by atoms with Crippen molar-refractivity contribution in [2.24, 2.45) is 0 Å². The molecule has 20 heavy (non-hydrogen) atoms. The SMILES string of the molecule is CCC(CC)O[PH](=O)C(CC)(CC)Oc1ccccc1. The molecule has 1 aromatic rings. The lowest BCUT2D eigenvalue weighted by Gasteiger charge is -2.33. The fourth-order valence-electron chi connectivity index (χ4n) is 2.15. The van der Waals surface area contributed by atoms with Crippen molar-refractivity contribution in [2.75, 3.05) is 0 Å². The molecule has 0 aromatic heterocycles. The zero-order valence-electron chi connectivity index (χ0n) is 13.0. The van der Waals surface area contributed by atoms with E-state index >= 15 is 0 Å². The summed E-state index contributed by atoms with van der Waals surface area (Å²) in [5, 5.41) is -0.700. The molecular formula is C16H27O3P. The van der Waals surface area contributed by atoms with E-state index < -0.39 is 13.4 Å². The monoisotopic (exact) mass is 298 g/mol. The van der Waals surface area contributed by atoms with Gasteiger partial charge < -0.3 is 9.26 Å². The Hall–Kier alpha value is -0.790. The molecule has 1 atom stereocenters. The second kappa shape index (κ2) is 8.49. The largest absolute Gasteiger partial charge is 0.477 e. The Bertz CT molecular complexity index is 397. The van der Waals surface area contributed by atoms with Crippen LogP contribution in [0.25, 0.3) is 0 Å². The Morgan fingerprint density at radius 2 is 1.60 bits per heavy atom. The van der Waals surface area contributed by atoms with E-state index in [0.717, 1.165) is 18.6 Å². The van der Waals surface area contributed by atoms with Crippen LogP contribution >= 0.6 is 8.03 Å². The second-order valence-electron chi connectivity index (χ2n) is 4.96. The Labute approximate surface area is 123 Å². The number of hydrogen-bond donors (Lipinski definition) is 0. The highest BCUT2D eigenvalue weighted by Gasteiger charge is 2.37. The Balaban J connectivity index is 2.87. The topological polar surface area (TPSA) is 35.5 Å². The number of para-hydroxylation sites is 1. The van der Waals surface area contributed by atoms with Gasteiger partial charge in [0.2, 0.25) is 8.03 Å². The van der Waals surface area contributed by atoms with E-state index in [9.17, 15) is 4.57 Å². The molecular weight excluding hydrogens is 271 g/mol. The van der Waals surface area contributed by atoms with Gasteiger partial charge in [-0.25, -0.2) is 0 Å². The molecule has 3 nitrogen and oxygen atoms in total. The van der Waals surface area contributed by atoms with E-state index in [2.05, 4.69) is 13.8 Å². The first-order chi connectivity index (χ1) is 9.61. The lowest BCUT2D eigenvalue weighted by Crippen LogP contribution is -2.32. The van der Waals surface area contributed by atoms with Crippen LogP contribution < -0.4 is 4.74 Å². The van der Waals surface area contributed by atoms with Crippen LogP contribution in [-0.2, 0) is 9.09 Å². The molecule has 0 fully saturated rings. The molecule has 1 aromatic carbocycles. The molecule has 1 unspecified atom stereocenters. The molecule has 0 aliphatic carbocycles. The Morgan fingerprint density at radius 1 is 1.05 bits per heavy atom. The summed E-state index contributed by atoms with van der Waals surface area (Å²) in [4.78, 5) is 0. The van der Waals surface area contributed by atoms with Gasteiger partial charge in [0, 0.05) is 0 Å². The minimum atomic E-state index is -2.28. The van der Waals surface area contributed by atoms with Gasteiger partial charge in [0.15, 0.2) is 5.34 Å². The van der Waals surface area contributed by atoms with Crippen LogP contribution in [0.4, 0.5) is 0 Å². The second-order valence-corrected chi connectivity index (χ2v) is 6.68. The fourth-order valence-corrected chi connectivity index (χ4v) is 3.78. The van der Waals surface area contributed by atoms with Crippen LogP contribution in [0.5, 0.6) is 5.75 Å². The van der Waals surface area contributed by atoms with E-state index in [4.69, 9.17) is 9.26 Å². The van der Waals surface area contributed by atoms with Gasteiger partial charge in [-0.2, -0.15) is 0 Å². The number of hydrogen-bond acceptors (Lipinski definition) is 3. The van der Waals surface area contributed by atoms with E-state index in [1.54, 1.807) is 0 Å². The quantitative estimate of drug-likeness (QED) is 0.583. The molecule has 0 aliphatic rings. The Morgan fingerprint density at radius 3 is 2.05 bits per heavy atom. The van der Waals surface area contributed by atoms with Crippen molar-refractivity contribution in [3.8, 4) is 5.75 Å². The molecule has 0 saturated heterocycles. The summed E-state index contributed by atoms with van der Waals surface area (Å²) in [7, 11) is -2.28. The highest BCUT2D eigenvalue weighted by atomic mass is 31.1. The summed E-state index contributed by atoms with van der Waals surface area (Å²) in [6, 6.07) is 9.57. The van der Waals surface area contributed by atoms with Crippen molar-refractivity contribution in [3.63, 3.8) is 0 Å². The molecule has 114 valence electrons. The van der Waals surface area contributed by atoms with Gasteiger partial charge in [-0.1, -0.05) is 45.9 Å². The Kier molecular flexibility index (Phi) is 7.32. The van der Waals surface area contributed by atoms with E-state index in [0.29, 0.717) is 12.8 Å². The minimum absolute atomic E-state index is 0.0539. The smallest absolute Gasteiger partial charge is 0.234 e. The van der Waals surface area contributed by atoms with E-state index in [-0.39, 0.29) is 6.10 Å². The standard InChI is InChI=1S/C16H27O3P/c1-5-14(6-2)19-20(17)16(7-3,8-4)18-15-12-10-9-11-13-15/h9-14,20H,5-8H2,1-4H3. The molecule has 0 aliphatic heterocycles. The van der Waals surface area contributed by atoms with Gasteiger partial charge in [0.1, 0.15) is 5.75 Å². The molecule has 0 amide bonds. The van der Waals surface area contributed by atoms with Crippen LogP contribution in [-0.4, -0.2) is 11.4 Å². The van der Waals surface area contributed by atoms with Crippen molar-refractivity contribution in [3.05, 3.63) is 30.3 Å². The maximum atomic E-state index is 12.7. The van der Waals surface area contributed by atoms with Crippen LogP contribution in [0.1, 0.15) is 53.4 Å². The number of rotatable bonds is 9. The molecule has 0 saturated carbocycles. The minimum Gasteiger partial charge on any atom is -0.477 e. The van der Waals surface area contributed by atoms with E-state index in [1.165, 1.54) is 0 Å². The third-order valence-electron chi connectivity index (χ3n) is 3.76. The highest BCUT2D eigenvalue weighted by molar-refractivity contribution is 7.40. The maximum Gasteiger partial charge on any atom is 0.234 e. The van der Waals surface area contributed by atoms with Gasteiger partial charge in [0.05, 0.1) is 6.10 Å². The third kappa shape index (κ3) is 4.36.